The number of rotatable bonds is 4. The van der Waals surface area contributed by atoms with Crippen molar-refractivity contribution in [2.45, 2.75) is 4.90 Å². The number of hydrogen-bond donors (Lipinski definition) is 1. The third-order valence-electron chi connectivity index (χ3n) is 3.32. The summed E-state index contributed by atoms with van der Waals surface area (Å²) in [7, 11) is -3.71. The van der Waals surface area contributed by atoms with Crippen LogP contribution in [0.25, 0.3) is 10.8 Å². The van der Waals surface area contributed by atoms with E-state index in [1.165, 1.54) is 30.5 Å². The molecule has 116 valence electrons. The molecule has 0 aromatic heterocycles. The van der Waals surface area contributed by atoms with Crippen LogP contribution in [0.4, 0.5) is 0 Å². The summed E-state index contributed by atoms with van der Waals surface area (Å²) in [5, 5.41) is 6.41. The first kappa shape index (κ1) is 15.5. The highest BCUT2D eigenvalue weighted by Crippen LogP contribution is 2.17. The Balaban J connectivity index is 1.84. The summed E-state index contributed by atoms with van der Waals surface area (Å²) in [5.74, 6) is 0. The molecule has 3 rings (SSSR count). The van der Waals surface area contributed by atoms with Gasteiger partial charge < -0.3 is 0 Å². The molecule has 0 aliphatic rings. The van der Waals surface area contributed by atoms with Crippen molar-refractivity contribution < 1.29 is 8.42 Å². The van der Waals surface area contributed by atoms with E-state index in [0.29, 0.717) is 5.02 Å². The molecule has 0 spiro atoms. The van der Waals surface area contributed by atoms with Gasteiger partial charge in [-0.1, -0.05) is 54.1 Å². The van der Waals surface area contributed by atoms with Crippen LogP contribution in [0.2, 0.25) is 5.02 Å². The Bertz CT molecular complexity index is 962. The zero-order valence-electron chi connectivity index (χ0n) is 12.0. The van der Waals surface area contributed by atoms with Gasteiger partial charge in [-0.2, -0.15) is 13.5 Å². The molecule has 6 heteroatoms. The molecule has 0 saturated heterocycles. The minimum atomic E-state index is -3.71. The molecule has 23 heavy (non-hydrogen) atoms. The Morgan fingerprint density at radius 2 is 1.61 bits per heavy atom. The summed E-state index contributed by atoms with van der Waals surface area (Å²) in [6.07, 6.45) is 1.50. The minimum absolute atomic E-state index is 0.108. The van der Waals surface area contributed by atoms with Crippen LogP contribution in [-0.2, 0) is 10.0 Å². The standard InChI is InChI=1S/C17H13ClN2O2S/c18-15-8-10-16(11-9-15)23(21,22)20-19-12-14-6-3-5-13-4-1-2-7-17(13)14/h1-12,20H/b19-12-. The lowest BCUT2D eigenvalue weighted by Gasteiger charge is -2.04. The van der Waals surface area contributed by atoms with Crippen LogP contribution in [0.3, 0.4) is 0 Å². The van der Waals surface area contributed by atoms with Crippen molar-refractivity contribution >= 4 is 38.6 Å². The van der Waals surface area contributed by atoms with Crippen molar-refractivity contribution in [2.75, 3.05) is 0 Å². The lowest BCUT2D eigenvalue weighted by Crippen LogP contribution is -2.18. The molecule has 3 aromatic rings. The molecule has 0 saturated carbocycles. The predicted octanol–water partition coefficient (Wildman–Crippen LogP) is 3.81. The number of fused-ring (bicyclic) bond motifs is 1. The zero-order chi connectivity index (χ0) is 16.3. The summed E-state index contributed by atoms with van der Waals surface area (Å²) in [4.78, 5) is 2.31. The first-order chi connectivity index (χ1) is 11.1. The fourth-order valence-electron chi connectivity index (χ4n) is 2.19. The number of hydrogen-bond acceptors (Lipinski definition) is 3. The largest absolute Gasteiger partial charge is 0.276 e. The van der Waals surface area contributed by atoms with Gasteiger partial charge in [0.2, 0.25) is 0 Å². The maximum Gasteiger partial charge on any atom is 0.276 e. The smallest absolute Gasteiger partial charge is 0.200 e. The molecule has 0 unspecified atom stereocenters. The molecular formula is C17H13ClN2O2S. The summed E-state index contributed by atoms with van der Waals surface area (Å²) in [5.41, 5.74) is 0.835. The minimum Gasteiger partial charge on any atom is -0.200 e. The topological polar surface area (TPSA) is 58.5 Å². The summed E-state index contributed by atoms with van der Waals surface area (Å²) in [6.45, 7) is 0. The van der Waals surface area contributed by atoms with Gasteiger partial charge in [0.1, 0.15) is 0 Å². The second-order valence-electron chi connectivity index (χ2n) is 4.88. The van der Waals surface area contributed by atoms with E-state index in [4.69, 9.17) is 11.6 Å². The van der Waals surface area contributed by atoms with E-state index >= 15 is 0 Å². The van der Waals surface area contributed by atoms with Gasteiger partial charge in [0, 0.05) is 10.6 Å². The summed E-state index contributed by atoms with van der Waals surface area (Å²) < 4.78 is 24.3. The molecule has 0 atom stereocenters. The van der Waals surface area contributed by atoms with Crippen LogP contribution in [0, 0.1) is 0 Å². The molecule has 1 N–H and O–H groups in total. The van der Waals surface area contributed by atoms with Crippen LogP contribution in [0.5, 0.6) is 0 Å². The molecule has 3 aromatic carbocycles. The van der Waals surface area contributed by atoms with Gasteiger partial charge >= 0.3 is 0 Å². The fourth-order valence-corrected chi connectivity index (χ4v) is 3.11. The van der Waals surface area contributed by atoms with E-state index in [1.54, 1.807) is 0 Å². The second kappa shape index (κ2) is 6.40. The Hall–Kier alpha value is -2.37. The Morgan fingerprint density at radius 3 is 2.39 bits per heavy atom. The molecule has 0 amide bonds. The van der Waals surface area contributed by atoms with Crippen molar-refractivity contribution in [1.82, 2.24) is 4.83 Å². The monoisotopic (exact) mass is 344 g/mol. The molecule has 0 radical (unpaired) electrons. The van der Waals surface area contributed by atoms with E-state index in [2.05, 4.69) is 9.93 Å². The molecule has 0 bridgehead atoms. The molecule has 4 nitrogen and oxygen atoms in total. The van der Waals surface area contributed by atoms with Gasteiger partial charge in [0.15, 0.2) is 0 Å². The van der Waals surface area contributed by atoms with Crippen molar-refractivity contribution in [3.63, 3.8) is 0 Å². The quantitative estimate of drug-likeness (QED) is 0.578. The first-order valence-electron chi connectivity index (χ1n) is 6.84. The lowest BCUT2D eigenvalue weighted by molar-refractivity contribution is 0.584. The zero-order valence-corrected chi connectivity index (χ0v) is 13.6. The van der Waals surface area contributed by atoms with E-state index in [0.717, 1.165) is 16.3 Å². The fraction of sp³-hybridized carbons (Fsp3) is 0. The number of halogens is 1. The van der Waals surface area contributed by atoms with E-state index < -0.39 is 10.0 Å². The third kappa shape index (κ3) is 3.52. The first-order valence-corrected chi connectivity index (χ1v) is 8.70. The highest BCUT2D eigenvalue weighted by molar-refractivity contribution is 7.89. The van der Waals surface area contributed by atoms with Gasteiger partial charge in [-0.3, -0.25) is 0 Å². The molecule has 0 aliphatic carbocycles. The van der Waals surface area contributed by atoms with Crippen LogP contribution < -0.4 is 4.83 Å². The normalized spacial score (nSPS) is 11.9. The van der Waals surface area contributed by atoms with Gasteiger partial charge in [-0.15, -0.1) is 0 Å². The van der Waals surface area contributed by atoms with Crippen LogP contribution in [0.15, 0.2) is 76.7 Å². The Kier molecular flexibility index (Phi) is 4.32. The van der Waals surface area contributed by atoms with E-state index in [9.17, 15) is 8.42 Å². The number of hydrazone groups is 1. The van der Waals surface area contributed by atoms with Gasteiger partial charge in [-0.25, -0.2) is 4.83 Å². The van der Waals surface area contributed by atoms with Crippen LogP contribution in [-0.4, -0.2) is 14.6 Å². The van der Waals surface area contributed by atoms with Crippen molar-refractivity contribution in [3.8, 4) is 0 Å². The lowest BCUT2D eigenvalue weighted by atomic mass is 10.1. The third-order valence-corrected chi connectivity index (χ3v) is 4.81. The number of benzene rings is 3. The maximum atomic E-state index is 12.1. The van der Waals surface area contributed by atoms with Gasteiger partial charge in [0.05, 0.1) is 11.1 Å². The number of nitrogens with zero attached hydrogens (tertiary/aromatic N) is 1. The highest BCUT2D eigenvalue weighted by atomic mass is 35.5. The summed E-state index contributed by atoms with van der Waals surface area (Å²) in [6, 6.07) is 19.5. The SMILES string of the molecule is O=S(=O)(N/N=C\c1cccc2ccccc12)c1ccc(Cl)cc1. The molecule has 0 aliphatic heterocycles. The van der Waals surface area contributed by atoms with E-state index in [1.807, 2.05) is 42.5 Å². The molecule has 0 heterocycles. The summed E-state index contributed by atoms with van der Waals surface area (Å²) >= 11 is 5.76. The average molecular weight is 345 g/mol. The Labute approximate surface area is 139 Å². The van der Waals surface area contributed by atoms with Crippen molar-refractivity contribution in [2.24, 2.45) is 5.10 Å². The van der Waals surface area contributed by atoms with Crippen molar-refractivity contribution in [1.29, 1.82) is 0 Å². The number of sulfonamides is 1. The van der Waals surface area contributed by atoms with E-state index in [-0.39, 0.29) is 4.90 Å². The maximum absolute atomic E-state index is 12.1. The van der Waals surface area contributed by atoms with Crippen LogP contribution >= 0.6 is 11.6 Å². The highest BCUT2D eigenvalue weighted by Gasteiger charge is 2.12. The van der Waals surface area contributed by atoms with Gasteiger partial charge in [0.25, 0.3) is 10.0 Å². The predicted molar refractivity (Wildman–Crippen MR) is 93.3 cm³/mol. The Morgan fingerprint density at radius 1 is 0.913 bits per heavy atom. The van der Waals surface area contributed by atoms with Crippen LogP contribution in [0.1, 0.15) is 5.56 Å². The average Bonchev–Trinajstić information content (AvgIpc) is 2.55. The number of nitrogens with one attached hydrogen (secondary N) is 1. The van der Waals surface area contributed by atoms with Gasteiger partial charge in [-0.05, 0) is 35.0 Å². The molecule has 0 fully saturated rings. The van der Waals surface area contributed by atoms with Crippen molar-refractivity contribution in [3.05, 3.63) is 77.3 Å². The molecular weight excluding hydrogens is 332 g/mol. The second-order valence-corrected chi connectivity index (χ2v) is 6.97.